The number of halogens is 2. The van der Waals surface area contributed by atoms with Crippen molar-refractivity contribution in [2.45, 2.75) is 32.2 Å². The number of nitrogens with one attached hydrogen (secondary N) is 1. The molecule has 0 heterocycles. The summed E-state index contributed by atoms with van der Waals surface area (Å²) < 4.78 is 2.23. The van der Waals surface area contributed by atoms with Gasteiger partial charge in [-0.2, -0.15) is 0 Å². The second kappa shape index (κ2) is 8.06. The molecule has 17 heavy (non-hydrogen) atoms. The van der Waals surface area contributed by atoms with E-state index in [4.69, 9.17) is 0 Å². The van der Waals surface area contributed by atoms with Crippen LogP contribution in [-0.2, 0) is 0 Å². The lowest BCUT2D eigenvalue weighted by atomic mass is 10.0. The van der Waals surface area contributed by atoms with Gasteiger partial charge in [0.05, 0.1) is 0 Å². The molecule has 0 saturated carbocycles. The molecule has 0 saturated heterocycles. The Bertz CT molecular complexity index is 343. The van der Waals surface area contributed by atoms with Crippen LogP contribution in [0.3, 0.4) is 0 Å². The lowest BCUT2D eigenvalue weighted by Crippen LogP contribution is -2.22. The minimum Gasteiger partial charge on any atom is -0.310 e. The molecule has 0 aliphatic heterocycles. The number of rotatable bonds is 7. The zero-order chi connectivity index (χ0) is 12.7. The molecule has 3 heteroatoms. The van der Waals surface area contributed by atoms with Gasteiger partial charge >= 0.3 is 0 Å². The summed E-state index contributed by atoms with van der Waals surface area (Å²) >= 11 is 7.08. The Morgan fingerprint density at radius 2 is 1.94 bits per heavy atom. The molecule has 1 N–H and O–H groups in total. The summed E-state index contributed by atoms with van der Waals surface area (Å²) in [5, 5.41) is 3.59. The zero-order valence-electron chi connectivity index (χ0n) is 10.2. The second-order valence-corrected chi connectivity index (χ2v) is 5.91. The van der Waals surface area contributed by atoms with Crippen LogP contribution in [0, 0.1) is 0 Å². The predicted octanol–water partition coefficient (Wildman–Crippen LogP) is 5.22. The fraction of sp³-hybridized carbons (Fsp3) is 0.429. The summed E-state index contributed by atoms with van der Waals surface area (Å²) in [7, 11) is 0. The number of hydrogen-bond acceptors (Lipinski definition) is 1. The van der Waals surface area contributed by atoms with Crippen molar-refractivity contribution in [3.05, 3.63) is 45.4 Å². The van der Waals surface area contributed by atoms with Crippen LogP contribution in [0.25, 0.3) is 0 Å². The molecule has 1 nitrogen and oxygen atoms in total. The molecular weight excluding hydrogens is 342 g/mol. The fourth-order valence-corrected chi connectivity index (χ4v) is 3.10. The molecule has 0 spiro atoms. The SMILES string of the molecule is C=CCCC(NCCC)c1cc(Br)cc(Br)c1. The molecular formula is C14H19Br2N. The maximum absolute atomic E-state index is 3.80. The third kappa shape index (κ3) is 5.36. The third-order valence-corrected chi connectivity index (χ3v) is 3.50. The van der Waals surface area contributed by atoms with Crippen LogP contribution in [0.15, 0.2) is 39.8 Å². The standard InChI is InChI=1S/C14H19Br2N/c1-3-5-6-14(17-7-4-2)11-8-12(15)10-13(16)9-11/h3,8-10,14,17H,1,4-7H2,2H3. The molecule has 94 valence electrons. The van der Waals surface area contributed by atoms with E-state index >= 15 is 0 Å². The summed E-state index contributed by atoms with van der Waals surface area (Å²) in [4.78, 5) is 0. The van der Waals surface area contributed by atoms with Crippen molar-refractivity contribution in [1.29, 1.82) is 0 Å². The van der Waals surface area contributed by atoms with E-state index in [1.54, 1.807) is 0 Å². The van der Waals surface area contributed by atoms with Gasteiger partial charge < -0.3 is 5.32 Å². The van der Waals surface area contributed by atoms with Crippen LogP contribution in [0.1, 0.15) is 37.8 Å². The van der Waals surface area contributed by atoms with Crippen LogP contribution >= 0.6 is 31.9 Å². The van der Waals surface area contributed by atoms with E-state index in [9.17, 15) is 0 Å². The maximum atomic E-state index is 3.80. The highest BCUT2D eigenvalue weighted by molar-refractivity contribution is 9.11. The quantitative estimate of drug-likeness (QED) is 0.657. The van der Waals surface area contributed by atoms with Crippen molar-refractivity contribution in [3.8, 4) is 0 Å². The Morgan fingerprint density at radius 1 is 1.29 bits per heavy atom. The Balaban J connectivity index is 2.82. The monoisotopic (exact) mass is 359 g/mol. The molecule has 1 aromatic carbocycles. The molecule has 0 amide bonds. The Hall–Kier alpha value is -0.120. The topological polar surface area (TPSA) is 12.0 Å². The van der Waals surface area contributed by atoms with E-state index in [-0.39, 0.29) is 0 Å². The van der Waals surface area contributed by atoms with Crippen LogP contribution < -0.4 is 5.32 Å². The molecule has 0 fully saturated rings. The molecule has 1 rings (SSSR count). The largest absolute Gasteiger partial charge is 0.310 e. The molecule has 0 aliphatic carbocycles. The Morgan fingerprint density at radius 3 is 2.47 bits per heavy atom. The highest BCUT2D eigenvalue weighted by Crippen LogP contribution is 2.26. The molecule has 0 radical (unpaired) electrons. The number of allylic oxidation sites excluding steroid dienone is 1. The van der Waals surface area contributed by atoms with E-state index in [1.165, 1.54) is 5.56 Å². The summed E-state index contributed by atoms with van der Waals surface area (Å²) in [5.74, 6) is 0. The van der Waals surface area contributed by atoms with E-state index in [0.29, 0.717) is 6.04 Å². The first kappa shape index (κ1) is 14.9. The lowest BCUT2D eigenvalue weighted by molar-refractivity contribution is 0.503. The Labute approximate surface area is 121 Å². The minimum absolute atomic E-state index is 0.404. The maximum Gasteiger partial charge on any atom is 0.0323 e. The van der Waals surface area contributed by atoms with Crippen LogP contribution in [0.5, 0.6) is 0 Å². The van der Waals surface area contributed by atoms with Crippen molar-refractivity contribution >= 4 is 31.9 Å². The predicted molar refractivity (Wildman–Crippen MR) is 82.3 cm³/mol. The van der Waals surface area contributed by atoms with E-state index in [0.717, 1.165) is 34.8 Å². The third-order valence-electron chi connectivity index (χ3n) is 2.59. The van der Waals surface area contributed by atoms with Gasteiger partial charge in [0.15, 0.2) is 0 Å². The average molecular weight is 361 g/mol. The number of hydrogen-bond donors (Lipinski definition) is 1. The molecule has 0 aromatic heterocycles. The summed E-state index contributed by atoms with van der Waals surface area (Å²) in [6, 6.07) is 6.83. The smallest absolute Gasteiger partial charge is 0.0323 e. The molecule has 1 aromatic rings. The van der Waals surface area contributed by atoms with Gasteiger partial charge in [-0.3, -0.25) is 0 Å². The van der Waals surface area contributed by atoms with Crippen molar-refractivity contribution in [2.24, 2.45) is 0 Å². The van der Waals surface area contributed by atoms with Gasteiger partial charge in [-0.15, -0.1) is 6.58 Å². The van der Waals surface area contributed by atoms with Crippen molar-refractivity contribution in [3.63, 3.8) is 0 Å². The molecule has 1 atom stereocenters. The van der Waals surface area contributed by atoms with E-state index < -0.39 is 0 Å². The molecule has 0 aliphatic rings. The van der Waals surface area contributed by atoms with E-state index in [1.807, 2.05) is 6.08 Å². The summed E-state index contributed by atoms with van der Waals surface area (Å²) in [5.41, 5.74) is 1.32. The van der Waals surface area contributed by atoms with Crippen LogP contribution in [0.2, 0.25) is 0 Å². The Kier molecular flexibility index (Phi) is 7.09. The lowest BCUT2D eigenvalue weighted by Gasteiger charge is -2.19. The molecule has 0 bridgehead atoms. The summed E-state index contributed by atoms with van der Waals surface area (Å²) in [6.07, 6.45) is 5.26. The zero-order valence-corrected chi connectivity index (χ0v) is 13.4. The highest BCUT2D eigenvalue weighted by Gasteiger charge is 2.10. The van der Waals surface area contributed by atoms with Gasteiger partial charge in [-0.25, -0.2) is 0 Å². The first-order valence-electron chi connectivity index (χ1n) is 5.97. The van der Waals surface area contributed by atoms with Gasteiger partial charge in [0.25, 0.3) is 0 Å². The first-order chi connectivity index (χ1) is 8.17. The summed E-state index contributed by atoms with van der Waals surface area (Å²) in [6.45, 7) is 7.03. The van der Waals surface area contributed by atoms with E-state index in [2.05, 4.69) is 68.9 Å². The van der Waals surface area contributed by atoms with Crippen molar-refractivity contribution < 1.29 is 0 Å². The van der Waals surface area contributed by atoms with Gasteiger partial charge in [0.2, 0.25) is 0 Å². The van der Waals surface area contributed by atoms with Crippen LogP contribution in [0.4, 0.5) is 0 Å². The first-order valence-corrected chi connectivity index (χ1v) is 7.56. The van der Waals surface area contributed by atoms with Crippen LogP contribution in [-0.4, -0.2) is 6.54 Å². The number of benzene rings is 1. The van der Waals surface area contributed by atoms with Crippen molar-refractivity contribution in [1.82, 2.24) is 5.32 Å². The normalized spacial score (nSPS) is 12.4. The fourth-order valence-electron chi connectivity index (χ4n) is 1.77. The van der Waals surface area contributed by atoms with Gasteiger partial charge in [0, 0.05) is 15.0 Å². The second-order valence-electron chi connectivity index (χ2n) is 4.08. The van der Waals surface area contributed by atoms with Gasteiger partial charge in [-0.05, 0) is 49.6 Å². The highest BCUT2D eigenvalue weighted by atomic mass is 79.9. The minimum atomic E-state index is 0.404. The molecule has 1 unspecified atom stereocenters. The van der Waals surface area contributed by atoms with Crippen molar-refractivity contribution in [2.75, 3.05) is 6.54 Å². The van der Waals surface area contributed by atoms with Gasteiger partial charge in [0.1, 0.15) is 0 Å². The van der Waals surface area contributed by atoms with Gasteiger partial charge in [-0.1, -0.05) is 44.9 Å². The average Bonchev–Trinajstić information content (AvgIpc) is 2.28.